The lowest BCUT2D eigenvalue weighted by Gasteiger charge is -2.39. The summed E-state index contributed by atoms with van der Waals surface area (Å²) < 4.78 is 5.29. The molecular weight excluding hydrogens is 504 g/mol. The van der Waals surface area contributed by atoms with Crippen LogP contribution in [0.3, 0.4) is 0 Å². The van der Waals surface area contributed by atoms with Crippen LogP contribution in [0.1, 0.15) is 57.1 Å². The summed E-state index contributed by atoms with van der Waals surface area (Å²) in [6, 6.07) is 15.4. The molecule has 1 aliphatic carbocycles. The second-order valence-corrected chi connectivity index (χ2v) is 12.0. The first kappa shape index (κ1) is 28.1. The molecule has 1 saturated heterocycles. The molecule has 3 amide bonds. The van der Waals surface area contributed by atoms with Gasteiger partial charge in [0, 0.05) is 43.2 Å². The number of nitrogens with one attached hydrogen (secondary N) is 2. The van der Waals surface area contributed by atoms with Gasteiger partial charge in [0.15, 0.2) is 0 Å². The van der Waals surface area contributed by atoms with E-state index in [2.05, 4.69) is 10.6 Å². The number of anilines is 1. The second kappa shape index (κ2) is 11.6. The average molecular weight is 547 g/mol. The lowest BCUT2D eigenvalue weighted by Crippen LogP contribution is -2.55. The van der Waals surface area contributed by atoms with E-state index in [9.17, 15) is 14.4 Å². The number of hydrogen-bond donors (Lipinski definition) is 2. The van der Waals surface area contributed by atoms with Crippen LogP contribution in [0.2, 0.25) is 0 Å². The highest BCUT2D eigenvalue weighted by atomic mass is 16.5. The van der Waals surface area contributed by atoms with Gasteiger partial charge in [0.1, 0.15) is 11.8 Å². The number of methoxy groups -OCH3 is 1. The maximum Gasteiger partial charge on any atom is 0.245 e. The van der Waals surface area contributed by atoms with Gasteiger partial charge in [-0.3, -0.25) is 14.4 Å². The Morgan fingerprint density at radius 2 is 1.73 bits per heavy atom. The summed E-state index contributed by atoms with van der Waals surface area (Å²) in [6.45, 7) is 5.08. The molecule has 5 rings (SSSR count). The Hall–Kier alpha value is -3.39. The second-order valence-electron chi connectivity index (χ2n) is 12.0. The number of likely N-dealkylation sites (tertiary alicyclic amines) is 1. The van der Waals surface area contributed by atoms with Gasteiger partial charge in [0.2, 0.25) is 17.7 Å². The summed E-state index contributed by atoms with van der Waals surface area (Å²) in [7, 11) is 3.56. The van der Waals surface area contributed by atoms with Gasteiger partial charge in [-0.1, -0.05) is 30.3 Å². The summed E-state index contributed by atoms with van der Waals surface area (Å²) in [4.78, 5) is 44.4. The van der Waals surface area contributed by atoms with Gasteiger partial charge in [-0.15, -0.1) is 0 Å². The maximum absolute atomic E-state index is 13.9. The largest absolute Gasteiger partial charge is 0.497 e. The van der Waals surface area contributed by atoms with Gasteiger partial charge in [-0.25, -0.2) is 0 Å². The molecular formula is C32H42N4O4. The molecule has 3 atom stereocenters. The highest BCUT2D eigenvalue weighted by Crippen LogP contribution is 2.43. The molecule has 2 N–H and O–H groups in total. The van der Waals surface area contributed by atoms with Crippen molar-refractivity contribution in [2.45, 2.75) is 75.9 Å². The fourth-order valence-corrected chi connectivity index (χ4v) is 6.63. The summed E-state index contributed by atoms with van der Waals surface area (Å²) in [5.74, 6) is 0.696. The number of piperidine rings is 1. The van der Waals surface area contributed by atoms with E-state index in [0.717, 1.165) is 41.8 Å². The number of rotatable bonds is 8. The van der Waals surface area contributed by atoms with Gasteiger partial charge < -0.3 is 25.2 Å². The third kappa shape index (κ3) is 5.46. The Morgan fingerprint density at radius 1 is 1.02 bits per heavy atom. The van der Waals surface area contributed by atoms with Crippen LogP contribution in [0.5, 0.6) is 5.75 Å². The van der Waals surface area contributed by atoms with Crippen LogP contribution in [0.25, 0.3) is 0 Å². The van der Waals surface area contributed by atoms with Crippen molar-refractivity contribution in [3.05, 3.63) is 59.7 Å². The van der Waals surface area contributed by atoms with Gasteiger partial charge in [-0.2, -0.15) is 0 Å². The van der Waals surface area contributed by atoms with Crippen molar-refractivity contribution < 1.29 is 19.1 Å². The van der Waals surface area contributed by atoms with Crippen molar-refractivity contribution in [1.29, 1.82) is 0 Å². The van der Waals surface area contributed by atoms with Crippen molar-refractivity contribution in [3.8, 4) is 5.75 Å². The van der Waals surface area contributed by atoms with E-state index < -0.39 is 11.5 Å². The van der Waals surface area contributed by atoms with Gasteiger partial charge in [0.05, 0.1) is 12.5 Å². The Morgan fingerprint density at radius 3 is 2.38 bits per heavy atom. The molecule has 1 unspecified atom stereocenters. The smallest absolute Gasteiger partial charge is 0.245 e. The number of nitrogens with zero attached hydrogens (tertiary/aromatic N) is 2. The van der Waals surface area contributed by atoms with Crippen molar-refractivity contribution in [2.75, 3.05) is 32.1 Å². The maximum atomic E-state index is 13.9. The minimum Gasteiger partial charge on any atom is -0.497 e. The summed E-state index contributed by atoms with van der Waals surface area (Å²) in [5.41, 5.74) is 2.47. The zero-order chi connectivity index (χ0) is 28.4. The van der Waals surface area contributed by atoms with E-state index in [0.29, 0.717) is 38.4 Å². The van der Waals surface area contributed by atoms with Crippen molar-refractivity contribution in [2.24, 2.45) is 5.92 Å². The SMILES string of the molecule is CN[C@@H]1CC[C@H](C(=O)NC(Cc2ccc(OC)cc2)C(=O)N2CCC(N3C(=O)C(C)(C)c4ccccc43)CC2)C1. The van der Waals surface area contributed by atoms with Crippen LogP contribution >= 0.6 is 0 Å². The normalized spacial score (nSPS) is 23.1. The Labute approximate surface area is 237 Å². The first-order valence-corrected chi connectivity index (χ1v) is 14.6. The molecule has 40 heavy (non-hydrogen) atoms. The van der Waals surface area contributed by atoms with Gasteiger partial charge in [0.25, 0.3) is 0 Å². The molecule has 8 nitrogen and oxygen atoms in total. The summed E-state index contributed by atoms with van der Waals surface area (Å²) >= 11 is 0. The number of amides is 3. The molecule has 2 aliphatic heterocycles. The lowest BCUT2D eigenvalue weighted by molar-refractivity contribution is -0.138. The van der Waals surface area contributed by atoms with E-state index in [4.69, 9.17) is 4.74 Å². The zero-order valence-corrected chi connectivity index (χ0v) is 24.1. The molecule has 2 heterocycles. The molecule has 0 radical (unpaired) electrons. The van der Waals surface area contributed by atoms with Crippen LogP contribution in [0.4, 0.5) is 5.69 Å². The first-order chi connectivity index (χ1) is 19.2. The third-order valence-electron chi connectivity index (χ3n) is 9.16. The minimum absolute atomic E-state index is 0.0407. The third-order valence-corrected chi connectivity index (χ3v) is 9.16. The van der Waals surface area contributed by atoms with Crippen LogP contribution < -0.4 is 20.3 Å². The fourth-order valence-electron chi connectivity index (χ4n) is 6.63. The van der Waals surface area contributed by atoms with Crippen LogP contribution in [-0.4, -0.2) is 68.0 Å². The predicted octanol–water partition coefficient (Wildman–Crippen LogP) is 3.43. The molecule has 8 heteroatoms. The number of fused-ring (bicyclic) bond motifs is 1. The molecule has 2 aromatic rings. The molecule has 2 fully saturated rings. The van der Waals surface area contributed by atoms with Crippen LogP contribution in [-0.2, 0) is 26.2 Å². The molecule has 214 valence electrons. The number of para-hydroxylation sites is 1. The standard InChI is InChI=1S/C32H42N4O4/c1-32(2)26-7-5-6-8-28(26)36(31(32)39)24-15-17-35(18-16-24)30(38)27(19-21-9-13-25(40-4)14-10-21)34-29(37)22-11-12-23(20-22)33-3/h5-10,13-14,22-24,27,33H,11-12,15-20H2,1-4H3,(H,34,37)/t22-,23+,27?/m0/s1. The number of ether oxygens (including phenoxy) is 1. The van der Waals surface area contributed by atoms with Crippen LogP contribution in [0.15, 0.2) is 48.5 Å². The van der Waals surface area contributed by atoms with E-state index in [1.807, 2.05) is 79.2 Å². The van der Waals surface area contributed by atoms with E-state index >= 15 is 0 Å². The van der Waals surface area contributed by atoms with E-state index in [1.165, 1.54) is 0 Å². The van der Waals surface area contributed by atoms with Crippen molar-refractivity contribution in [3.63, 3.8) is 0 Å². The van der Waals surface area contributed by atoms with Gasteiger partial charge in [-0.05, 0) is 82.3 Å². The summed E-state index contributed by atoms with van der Waals surface area (Å²) in [5, 5.41) is 6.40. The number of carbonyl (C=O) groups is 3. The predicted molar refractivity (Wildman–Crippen MR) is 155 cm³/mol. The number of carbonyl (C=O) groups excluding carboxylic acids is 3. The van der Waals surface area contributed by atoms with Crippen molar-refractivity contribution in [1.82, 2.24) is 15.5 Å². The monoisotopic (exact) mass is 546 g/mol. The topological polar surface area (TPSA) is 91.0 Å². The average Bonchev–Trinajstić information content (AvgIpc) is 3.54. The molecule has 1 saturated carbocycles. The lowest BCUT2D eigenvalue weighted by atomic mass is 9.86. The van der Waals surface area contributed by atoms with Crippen molar-refractivity contribution >= 4 is 23.4 Å². The quantitative estimate of drug-likeness (QED) is 0.530. The molecule has 0 aromatic heterocycles. The molecule has 0 spiro atoms. The fraction of sp³-hybridized carbons (Fsp3) is 0.531. The molecule has 0 bridgehead atoms. The highest BCUT2D eigenvalue weighted by Gasteiger charge is 2.47. The first-order valence-electron chi connectivity index (χ1n) is 14.6. The summed E-state index contributed by atoms with van der Waals surface area (Å²) in [6.07, 6.45) is 4.42. The highest BCUT2D eigenvalue weighted by molar-refractivity contribution is 6.08. The van der Waals surface area contributed by atoms with Gasteiger partial charge >= 0.3 is 0 Å². The zero-order valence-electron chi connectivity index (χ0n) is 24.1. The number of benzene rings is 2. The van der Waals surface area contributed by atoms with E-state index in [1.54, 1.807) is 7.11 Å². The molecule has 3 aliphatic rings. The van der Waals surface area contributed by atoms with Crippen LogP contribution in [0, 0.1) is 5.92 Å². The number of hydrogen-bond acceptors (Lipinski definition) is 5. The Kier molecular flexibility index (Phi) is 8.17. The molecule has 2 aromatic carbocycles. The van der Waals surface area contributed by atoms with E-state index in [-0.39, 0.29) is 29.7 Å². The minimum atomic E-state index is -0.640. The Balaban J connectivity index is 1.28. The Bertz CT molecular complexity index is 1240.